The normalized spacial score (nSPS) is 12.9. The van der Waals surface area contributed by atoms with Gasteiger partial charge in [0.1, 0.15) is 5.82 Å². The second kappa shape index (κ2) is 8.15. The molecule has 0 saturated carbocycles. The van der Waals surface area contributed by atoms with Crippen molar-refractivity contribution in [3.05, 3.63) is 69.6 Å². The minimum absolute atomic E-state index is 0.479. The van der Waals surface area contributed by atoms with E-state index in [4.69, 9.17) is 16.6 Å². The van der Waals surface area contributed by atoms with Gasteiger partial charge in [0, 0.05) is 46.8 Å². The Morgan fingerprint density at radius 3 is 2.84 bits per heavy atom. The van der Waals surface area contributed by atoms with Gasteiger partial charge in [0.25, 0.3) is 5.78 Å². The molecule has 0 aliphatic heterocycles. The topological polar surface area (TPSA) is 80.0 Å². The predicted molar refractivity (Wildman–Crippen MR) is 123 cm³/mol. The second-order valence-corrected chi connectivity index (χ2v) is 8.39. The smallest absolute Gasteiger partial charge is 0.256 e. The Labute approximate surface area is 185 Å². The highest BCUT2D eigenvalue weighted by molar-refractivity contribution is 6.30. The van der Waals surface area contributed by atoms with Crippen LogP contribution in [0.25, 0.3) is 5.78 Å². The van der Waals surface area contributed by atoms with Crippen molar-refractivity contribution in [2.45, 2.75) is 39.5 Å². The fourth-order valence-electron chi connectivity index (χ4n) is 3.94. The number of hydrogen-bond acceptors (Lipinski definition) is 6. The number of aromatic nitrogens is 5. The van der Waals surface area contributed by atoms with Gasteiger partial charge in [0.15, 0.2) is 0 Å². The Morgan fingerprint density at radius 2 is 1.94 bits per heavy atom. The molecule has 2 N–H and O–H groups in total. The average Bonchev–Trinajstić information content (AvgIpc) is 3.36. The number of pyridine rings is 1. The number of aryl methyl sites for hydroxylation is 4. The number of nitrogens with one attached hydrogen (secondary N) is 2. The molecule has 0 radical (unpaired) electrons. The fourth-order valence-corrected chi connectivity index (χ4v) is 4.11. The lowest BCUT2D eigenvalue weighted by Gasteiger charge is -2.09. The number of nitrogens with zero attached hydrogens (tertiary/aromatic N) is 5. The molecule has 5 rings (SSSR count). The second-order valence-electron chi connectivity index (χ2n) is 7.95. The molecular formula is C23H24ClN7. The third-order valence-corrected chi connectivity index (χ3v) is 5.79. The van der Waals surface area contributed by atoms with E-state index in [2.05, 4.69) is 37.8 Å². The van der Waals surface area contributed by atoms with Crippen LogP contribution in [0, 0.1) is 13.8 Å². The summed E-state index contributed by atoms with van der Waals surface area (Å²) in [5.41, 5.74) is 6.60. The zero-order valence-electron chi connectivity index (χ0n) is 17.6. The summed E-state index contributed by atoms with van der Waals surface area (Å²) in [7, 11) is 0. The maximum Gasteiger partial charge on any atom is 0.256 e. The summed E-state index contributed by atoms with van der Waals surface area (Å²) in [6, 6.07) is 12.0. The summed E-state index contributed by atoms with van der Waals surface area (Å²) in [5, 5.41) is 12.0. The van der Waals surface area contributed by atoms with Gasteiger partial charge in [-0.1, -0.05) is 23.7 Å². The molecule has 8 heteroatoms. The van der Waals surface area contributed by atoms with E-state index in [1.54, 1.807) is 4.52 Å². The van der Waals surface area contributed by atoms with Crippen LogP contribution in [0.5, 0.6) is 0 Å². The quantitative estimate of drug-likeness (QED) is 0.459. The Bertz CT molecular complexity index is 1260. The van der Waals surface area contributed by atoms with Crippen LogP contribution < -0.4 is 10.6 Å². The lowest BCUT2D eigenvalue weighted by molar-refractivity contribution is 0.875. The van der Waals surface area contributed by atoms with Crippen LogP contribution in [0.2, 0.25) is 5.02 Å². The van der Waals surface area contributed by atoms with Crippen LogP contribution in [0.1, 0.15) is 34.6 Å². The van der Waals surface area contributed by atoms with E-state index in [1.165, 1.54) is 17.7 Å². The maximum absolute atomic E-state index is 6.13. The summed E-state index contributed by atoms with van der Waals surface area (Å²) in [6.07, 6.45) is 4.32. The summed E-state index contributed by atoms with van der Waals surface area (Å²) in [5.74, 6) is 1.87. The van der Waals surface area contributed by atoms with Crippen molar-refractivity contribution in [3.8, 4) is 0 Å². The van der Waals surface area contributed by atoms with Gasteiger partial charge in [-0.3, -0.25) is 4.98 Å². The van der Waals surface area contributed by atoms with Crippen molar-refractivity contribution in [3.63, 3.8) is 0 Å². The van der Waals surface area contributed by atoms with Crippen LogP contribution in [0.3, 0.4) is 0 Å². The first kappa shape index (κ1) is 19.8. The van der Waals surface area contributed by atoms with Gasteiger partial charge in [-0.15, -0.1) is 5.10 Å². The first-order chi connectivity index (χ1) is 15.0. The zero-order valence-corrected chi connectivity index (χ0v) is 18.4. The zero-order chi connectivity index (χ0) is 21.4. The SMILES string of the molecule is Cc1cc(NCCc2ccc3c(n2)CCC3)n2nc(Nc3cc(Cl)ccc3C)nc2n1. The summed E-state index contributed by atoms with van der Waals surface area (Å²) in [4.78, 5) is 13.9. The monoisotopic (exact) mass is 433 g/mol. The van der Waals surface area contributed by atoms with E-state index in [1.807, 2.05) is 38.1 Å². The molecule has 3 heterocycles. The molecule has 31 heavy (non-hydrogen) atoms. The molecule has 158 valence electrons. The number of hydrogen-bond donors (Lipinski definition) is 2. The van der Waals surface area contributed by atoms with Crippen LogP contribution in [-0.4, -0.2) is 31.1 Å². The van der Waals surface area contributed by atoms with Crippen molar-refractivity contribution in [2.24, 2.45) is 0 Å². The van der Waals surface area contributed by atoms with E-state index in [-0.39, 0.29) is 0 Å². The van der Waals surface area contributed by atoms with Gasteiger partial charge in [-0.25, -0.2) is 4.98 Å². The molecule has 0 spiro atoms. The lowest BCUT2D eigenvalue weighted by Crippen LogP contribution is -2.11. The third kappa shape index (κ3) is 4.18. The van der Waals surface area contributed by atoms with Gasteiger partial charge in [-0.2, -0.15) is 9.50 Å². The molecule has 3 aromatic heterocycles. The van der Waals surface area contributed by atoms with Crippen LogP contribution in [0.4, 0.5) is 17.5 Å². The fraction of sp³-hybridized carbons (Fsp3) is 0.304. The number of halogens is 1. The van der Waals surface area contributed by atoms with Gasteiger partial charge < -0.3 is 10.6 Å². The van der Waals surface area contributed by atoms with Crippen molar-refractivity contribution in [1.82, 2.24) is 24.6 Å². The van der Waals surface area contributed by atoms with Gasteiger partial charge >= 0.3 is 0 Å². The standard InChI is InChI=1S/C23H24ClN7/c1-14-6-8-17(24)13-20(14)28-22-29-23-26-15(2)12-21(31(23)30-22)25-11-10-18-9-7-16-4-3-5-19(16)27-18/h6-9,12-13,25H,3-5,10-11H2,1-2H3,(H,28,30). The van der Waals surface area contributed by atoms with E-state index >= 15 is 0 Å². The molecule has 0 unspecified atom stereocenters. The molecular weight excluding hydrogens is 410 g/mol. The Morgan fingerprint density at radius 1 is 1.03 bits per heavy atom. The van der Waals surface area contributed by atoms with Crippen molar-refractivity contribution < 1.29 is 0 Å². The highest BCUT2D eigenvalue weighted by Crippen LogP contribution is 2.24. The molecule has 0 amide bonds. The largest absolute Gasteiger partial charge is 0.369 e. The highest BCUT2D eigenvalue weighted by atomic mass is 35.5. The molecule has 4 aromatic rings. The van der Waals surface area contributed by atoms with Crippen molar-refractivity contribution >= 4 is 34.8 Å². The van der Waals surface area contributed by atoms with E-state index in [0.717, 1.165) is 54.3 Å². The van der Waals surface area contributed by atoms with E-state index < -0.39 is 0 Å². The van der Waals surface area contributed by atoms with Gasteiger partial charge in [0.05, 0.1) is 0 Å². The molecule has 7 nitrogen and oxygen atoms in total. The summed E-state index contributed by atoms with van der Waals surface area (Å²) < 4.78 is 1.73. The van der Waals surface area contributed by atoms with Gasteiger partial charge in [0.2, 0.25) is 5.95 Å². The van der Waals surface area contributed by atoms with Crippen molar-refractivity contribution in [2.75, 3.05) is 17.2 Å². The summed E-state index contributed by atoms with van der Waals surface area (Å²) in [6.45, 7) is 4.72. The number of benzene rings is 1. The number of fused-ring (bicyclic) bond motifs is 2. The number of rotatable bonds is 6. The van der Waals surface area contributed by atoms with Gasteiger partial charge in [-0.05, 0) is 62.4 Å². The number of anilines is 3. The minimum atomic E-state index is 0.479. The first-order valence-electron chi connectivity index (χ1n) is 10.5. The van der Waals surface area contributed by atoms with Crippen LogP contribution in [-0.2, 0) is 19.3 Å². The van der Waals surface area contributed by atoms with E-state index in [0.29, 0.717) is 16.7 Å². The molecule has 1 aromatic carbocycles. The third-order valence-electron chi connectivity index (χ3n) is 5.56. The molecule has 0 bridgehead atoms. The summed E-state index contributed by atoms with van der Waals surface area (Å²) >= 11 is 6.13. The van der Waals surface area contributed by atoms with E-state index in [9.17, 15) is 0 Å². The first-order valence-corrected chi connectivity index (χ1v) is 10.9. The minimum Gasteiger partial charge on any atom is -0.369 e. The molecule has 1 aliphatic carbocycles. The van der Waals surface area contributed by atoms with Crippen LogP contribution in [0.15, 0.2) is 36.4 Å². The maximum atomic E-state index is 6.13. The molecule has 1 aliphatic rings. The lowest BCUT2D eigenvalue weighted by atomic mass is 10.2. The average molecular weight is 434 g/mol. The molecule has 0 atom stereocenters. The molecule has 0 saturated heterocycles. The van der Waals surface area contributed by atoms with Crippen LogP contribution >= 0.6 is 11.6 Å². The Hall–Kier alpha value is -3.19. The predicted octanol–water partition coefficient (Wildman–Crippen LogP) is 4.68. The molecule has 0 fully saturated rings. The highest BCUT2D eigenvalue weighted by Gasteiger charge is 2.13. The Balaban J connectivity index is 1.34. The Kier molecular flexibility index (Phi) is 5.19. The van der Waals surface area contributed by atoms with Crippen molar-refractivity contribution in [1.29, 1.82) is 0 Å².